The smallest absolute Gasteiger partial charge is 0.114 e. The monoisotopic (exact) mass is 228 g/mol. The van der Waals surface area contributed by atoms with Gasteiger partial charge in [-0.25, -0.2) is 0 Å². The van der Waals surface area contributed by atoms with E-state index in [2.05, 4.69) is 19.9 Å². The lowest BCUT2D eigenvalue weighted by Gasteiger charge is -2.35. The van der Waals surface area contributed by atoms with Gasteiger partial charge in [-0.05, 0) is 25.0 Å². The van der Waals surface area contributed by atoms with Crippen LogP contribution in [-0.2, 0) is 5.60 Å². The molecule has 1 aromatic carbocycles. The lowest BCUT2D eigenvalue weighted by Crippen LogP contribution is -2.33. The number of aliphatic hydroxyl groups is 1. The normalized spacial score (nSPS) is 27.9. The van der Waals surface area contributed by atoms with Crippen LogP contribution in [0.15, 0.2) is 54.1 Å². The highest BCUT2D eigenvalue weighted by atomic mass is 16.3. The van der Waals surface area contributed by atoms with Gasteiger partial charge in [0.15, 0.2) is 0 Å². The van der Waals surface area contributed by atoms with Gasteiger partial charge in [0.05, 0.1) is 0 Å². The van der Waals surface area contributed by atoms with Crippen molar-refractivity contribution in [3.05, 3.63) is 59.7 Å². The van der Waals surface area contributed by atoms with E-state index in [1.807, 2.05) is 42.5 Å². The largest absolute Gasteiger partial charge is 0.380 e. The van der Waals surface area contributed by atoms with Crippen molar-refractivity contribution in [2.45, 2.75) is 32.3 Å². The summed E-state index contributed by atoms with van der Waals surface area (Å²) in [5, 5.41) is 10.9. The highest BCUT2D eigenvalue weighted by Crippen LogP contribution is 2.38. The summed E-state index contributed by atoms with van der Waals surface area (Å²) in [6.45, 7) is 4.25. The van der Waals surface area contributed by atoms with Crippen molar-refractivity contribution in [1.82, 2.24) is 0 Å². The van der Waals surface area contributed by atoms with Crippen LogP contribution in [-0.4, -0.2) is 5.11 Å². The standard InChI is InChI=1S/C16H20O/c1-3-7-15-12-13(2)10-11-16(15,17)14-8-5-4-6-9-14/h4-6,8-12,15,17H,3,7H2,1-2H3. The van der Waals surface area contributed by atoms with Gasteiger partial charge in [0.2, 0.25) is 0 Å². The molecule has 1 nitrogen and oxygen atoms in total. The first-order valence-corrected chi connectivity index (χ1v) is 6.32. The molecular formula is C16H20O. The first kappa shape index (κ1) is 12.1. The number of hydrogen-bond acceptors (Lipinski definition) is 1. The van der Waals surface area contributed by atoms with E-state index < -0.39 is 5.60 Å². The summed E-state index contributed by atoms with van der Waals surface area (Å²) >= 11 is 0. The van der Waals surface area contributed by atoms with E-state index in [0.717, 1.165) is 18.4 Å². The van der Waals surface area contributed by atoms with Gasteiger partial charge < -0.3 is 5.11 Å². The first-order valence-electron chi connectivity index (χ1n) is 6.32. The van der Waals surface area contributed by atoms with Crippen molar-refractivity contribution < 1.29 is 5.11 Å². The second-order valence-electron chi connectivity index (χ2n) is 4.83. The van der Waals surface area contributed by atoms with Crippen LogP contribution in [0.25, 0.3) is 0 Å². The predicted molar refractivity (Wildman–Crippen MR) is 71.6 cm³/mol. The molecule has 2 rings (SSSR count). The molecular weight excluding hydrogens is 208 g/mol. The van der Waals surface area contributed by atoms with E-state index in [1.165, 1.54) is 5.57 Å². The maximum Gasteiger partial charge on any atom is 0.114 e. The number of benzene rings is 1. The Morgan fingerprint density at radius 1 is 1.24 bits per heavy atom. The van der Waals surface area contributed by atoms with E-state index in [-0.39, 0.29) is 5.92 Å². The average Bonchev–Trinajstić information content (AvgIpc) is 2.35. The minimum atomic E-state index is -0.837. The van der Waals surface area contributed by atoms with Gasteiger partial charge in [-0.2, -0.15) is 0 Å². The highest BCUT2D eigenvalue weighted by molar-refractivity contribution is 5.37. The van der Waals surface area contributed by atoms with Crippen molar-refractivity contribution in [2.24, 2.45) is 5.92 Å². The minimum absolute atomic E-state index is 0.180. The Hall–Kier alpha value is -1.34. The molecule has 0 aromatic heterocycles. The highest BCUT2D eigenvalue weighted by Gasteiger charge is 2.35. The fraction of sp³-hybridized carbons (Fsp3) is 0.375. The summed E-state index contributed by atoms with van der Waals surface area (Å²) in [5.41, 5.74) is 1.39. The molecule has 0 saturated carbocycles. The molecule has 0 spiro atoms. The maximum absolute atomic E-state index is 10.9. The van der Waals surface area contributed by atoms with E-state index >= 15 is 0 Å². The van der Waals surface area contributed by atoms with Crippen LogP contribution in [0.4, 0.5) is 0 Å². The van der Waals surface area contributed by atoms with Gasteiger partial charge in [-0.15, -0.1) is 0 Å². The molecule has 0 bridgehead atoms. The van der Waals surface area contributed by atoms with Gasteiger partial charge >= 0.3 is 0 Å². The fourth-order valence-electron chi connectivity index (χ4n) is 2.51. The van der Waals surface area contributed by atoms with Crippen LogP contribution in [0, 0.1) is 5.92 Å². The first-order chi connectivity index (χ1) is 8.16. The second-order valence-corrected chi connectivity index (χ2v) is 4.83. The molecule has 2 unspecified atom stereocenters. The lowest BCUT2D eigenvalue weighted by molar-refractivity contribution is 0.0385. The minimum Gasteiger partial charge on any atom is -0.380 e. The van der Waals surface area contributed by atoms with Crippen molar-refractivity contribution in [3.63, 3.8) is 0 Å². The van der Waals surface area contributed by atoms with Gasteiger partial charge in [0.25, 0.3) is 0 Å². The molecule has 17 heavy (non-hydrogen) atoms. The average molecular weight is 228 g/mol. The summed E-state index contributed by atoms with van der Waals surface area (Å²) in [6.07, 6.45) is 8.23. The van der Waals surface area contributed by atoms with E-state index in [0.29, 0.717) is 0 Å². The van der Waals surface area contributed by atoms with Crippen LogP contribution in [0.3, 0.4) is 0 Å². The summed E-state index contributed by atoms with van der Waals surface area (Å²) in [6, 6.07) is 9.95. The SMILES string of the molecule is CCCC1C=C(C)C=CC1(O)c1ccccc1. The molecule has 1 heteroatoms. The van der Waals surface area contributed by atoms with E-state index in [9.17, 15) is 5.11 Å². The summed E-state index contributed by atoms with van der Waals surface area (Å²) < 4.78 is 0. The number of allylic oxidation sites excluding steroid dienone is 2. The zero-order valence-corrected chi connectivity index (χ0v) is 10.6. The second kappa shape index (κ2) is 4.89. The third-order valence-corrected chi connectivity index (χ3v) is 3.47. The Labute approximate surface area is 103 Å². The van der Waals surface area contributed by atoms with E-state index in [1.54, 1.807) is 0 Å². The Bertz CT molecular complexity index is 430. The molecule has 0 saturated heterocycles. The molecule has 1 aromatic rings. The van der Waals surface area contributed by atoms with Crippen LogP contribution < -0.4 is 0 Å². The van der Waals surface area contributed by atoms with Gasteiger partial charge in [-0.3, -0.25) is 0 Å². The third-order valence-electron chi connectivity index (χ3n) is 3.47. The zero-order chi connectivity index (χ0) is 12.3. The number of hydrogen-bond donors (Lipinski definition) is 1. The molecule has 1 aliphatic carbocycles. The quantitative estimate of drug-likeness (QED) is 0.834. The number of rotatable bonds is 3. The molecule has 0 fully saturated rings. The molecule has 0 heterocycles. The molecule has 0 aliphatic heterocycles. The summed E-state index contributed by atoms with van der Waals surface area (Å²) in [5.74, 6) is 0.180. The third kappa shape index (κ3) is 2.34. The van der Waals surface area contributed by atoms with E-state index in [4.69, 9.17) is 0 Å². The Morgan fingerprint density at radius 3 is 2.59 bits per heavy atom. The predicted octanol–water partition coefficient (Wildman–Crippen LogP) is 3.81. The molecule has 2 atom stereocenters. The summed E-state index contributed by atoms with van der Waals surface area (Å²) in [4.78, 5) is 0. The van der Waals surface area contributed by atoms with Crippen molar-refractivity contribution in [1.29, 1.82) is 0 Å². The molecule has 1 aliphatic rings. The topological polar surface area (TPSA) is 20.2 Å². The van der Waals surface area contributed by atoms with Crippen molar-refractivity contribution in [2.75, 3.05) is 0 Å². The van der Waals surface area contributed by atoms with Gasteiger partial charge in [0.1, 0.15) is 5.60 Å². The summed E-state index contributed by atoms with van der Waals surface area (Å²) in [7, 11) is 0. The molecule has 0 amide bonds. The lowest BCUT2D eigenvalue weighted by atomic mass is 9.75. The fourth-order valence-corrected chi connectivity index (χ4v) is 2.51. The van der Waals surface area contributed by atoms with Crippen molar-refractivity contribution in [3.8, 4) is 0 Å². The Balaban J connectivity index is 2.38. The van der Waals surface area contributed by atoms with Gasteiger partial charge in [-0.1, -0.05) is 61.4 Å². The Morgan fingerprint density at radius 2 is 1.94 bits per heavy atom. The molecule has 0 radical (unpaired) electrons. The maximum atomic E-state index is 10.9. The van der Waals surface area contributed by atoms with Crippen LogP contribution in [0.5, 0.6) is 0 Å². The Kier molecular flexibility index (Phi) is 3.49. The zero-order valence-electron chi connectivity index (χ0n) is 10.6. The van der Waals surface area contributed by atoms with Gasteiger partial charge in [0, 0.05) is 5.92 Å². The molecule has 90 valence electrons. The van der Waals surface area contributed by atoms with Crippen LogP contribution >= 0.6 is 0 Å². The van der Waals surface area contributed by atoms with Crippen molar-refractivity contribution >= 4 is 0 Å². The van der Waals surface area contributed by atoms with Crippen LogP contribution in [0.2, 0.25) is 0 Å². The van der Waals surface area contributed by atoms with Crippen LogP contribution in [0.1, 0.15) is 32.3 Å². The molecule has 1 N–H and O–H groups in total.